The third kappa shape index (κ3) is 4.25. The number of rotatable bonds is 7. The lowest BCUT2D eigenvalue weighted by Crippen LogP contribution is -2.22. The molecule has 3 aromatic rings. The van der Waals surface area contributed by atoms with E-state index in [0.29, 0.717) is 16.6 Å². The molecule has 0 radical (unpaired) electrons. The summed E-state index contributed by atoms with van der Waals surface area (Å²) < 4.78 is 42.4. The van der Waals surface area contributed by atoms with E-state index < -0.39 is 21.8 Å². The van der Waals surface area contributed by atoms with Crippen LogP contribution in [-0.4, -0.2) is 43.8 Å². The average Bonchev–Trinajstić information content (AvgIpc) is 2.99. The maximum absolute atomic E-state index is 14.4. The Morgan fingerprint density at radius 2 is 1.90 bits per heavy atom. The van der Waals surface area contributed by atoms with Crippen molar-refractivity contribution >= 4 is 26.8 Å². The maximum Gasteiger partial charge on any atom is 0.248 e. The molecule has 2 aromatic carbocycles. The topological polar surface area (TPSA) is 111 Å². The third-order valence-electron chi connectivity index (χ3n) is 5.16. The van der Waals surface area contributed by atoms with Crippen LogP contribution in [0.1, 0.15) is 16.1 Å². The van der Waals surface area contributed by atoms with Crippen molar-refractivity contribution in [2.45, 2.75) is 18.4 Å². The van der Waals surface area contributed by atoms with Gasteiger partial charge in [-0.25, -0.2) is 17.1 Å². The second-order valence-corrected chi connectivity index (χ2v) is 9.50. The summed E-state index contributed by atoms with van der Waals surface area (Å²) in [6.45, 7) is 1.81. The highest BCUT2D eigenvalue weighted by molar-refractivity contribution is 7.89. The van der Waals surface area contributed by atoms with Gasteiger partial charge >= 0.3 is 0 Å². The molecule has 4 N–H and O–H groups in total. The van der Waals surface area contributed by atoms with Crippen molar-refractivity contribution in [2.75, 3.05) is 20.6 Å². The van der Waals surface area contributed by atoms with Gasteiger partial charge in [0.05, 0.1) is 17.0 Å². The minimum absolute atomic E-state index is 0.0634. The summed E-state index contributed by atoms with van der Waals surface area (Å²) in [5.74, 6) is -1.01. The number of amides is 1. The maximum atomic E-state index is 14.4. The predicted molar refractivity (Wildman–Crippen MR) is 120 cm³/mol. The first-order valence-electron chi connectivity index (χ1n) is 9.58. The predicted octanol–water partition coefficient (Wildman–Crippen LogP) is 2.78. The first-order valence-corrected chi connectivity index (χ1v) is 11.0. The molecule has 164 valence electrons. The molecule has 0 atom stereocenters. The molecule has 0 bridgehead atoms. The van der Waals surface area contributed by atoms with Crippen molar-refractivity contribution in [2.24, 2.45) is 11.5 Å². The van der Waals surface area contributed by atoms with Gasteiger partial charge in [-0.05, 0) is 42.8 Å². The molecule has 0 aliphatic rings. The number of nitrogens with zero attached hydrogens (tertiary/aromatic N) is 2. The molecular formula is C22H25FN4O3S. The molecular weight excluding hydrogens is 419 g/mol. The monoisotopic (exact) mass is 444 g/mol. The molecule has 31 heavy (non-hydrogen) atoms. The zero-order chi connectivity index (χ0) is 22.9. The van der Waals surface area contributed by atoms with Crippen LogP contribution in [0, 0.1) is 6.92 Å². The Labute approximate surface area is 180 Å². The molecule has 1 heterocycles. The molecule has 3 rings (SSSR count). The van der Waals surface area contributed by atoms with Gasteiger partial charge < -0.3 is 16.0 Å². The second-order valence-electron chi connectivity index (χ2n) is 7.34. The molecule has 9 heteroatoms. The SMILES string of the molecule is Cc1c(-c2cccc(S(=O)(=O)N(C)C)c2)c2ccc(C(N)=O)cc2n1CC(F)=CCN. The number of nitrogens with two attached hydrogens (primary N) is 2. The minimum atomic E-state index is -3.63. The van der Waals surface area contributed by atoms with Crippen molar-refractivity contribution in [3.63, 3.8) is 0 Å². The summed E-state index contributed by atoms with van der Waals surface area (Å²) in [5.41, 5.74) is 13.9. The van der Waals surface area contributed by atoms with E-state index >= 15 is 0 Å². The highest BCUT2D eigenvalue weighted by Crippen LogP contribution is 2.36. The molecule has 1 aromatic heterocycles. The number of primary amides is 1. The standard InChI is InChI=1S/C22H25FN4O3S/c1-14-21(15-5-4-6-18(11-15)31(29,30)26(2)3)19-8-7-16(22(25)28)12-20(19)27(14)13-17(23)9-10-24/h4-9,11-12H,10,13,24H2,1-3H3,(H2,25,28). The molecule has 0 spiro atoms. The Morgan fingerprint density at radius 3 is 2.52 bits per heavy atom. The van der Waals surface area contributed by atoms with Gasteiger partial charge in [-0.15, -0.1) is 0 Å². The molecule has 0 aliphatic carbocycles. The smallest absolute Gasteiger partial charge is 0.248 e. The molecule has 0 unspecified atom stereocenters. The molecule has 1 amide bonds. The molecule has 0 saturated heterocycles. The zero-order valence-corrected chi connectivity index (χ0v) is 18.4. The number of carbonyl (C=O) groups excluding carboxylic acids is 1. The first-order chi connectivity index (χ1) is 14.6. The third-order valence-corrected chi connectivity index (χ3v) is 6.97. The summed E-state index contributed by atoms with van der Waals surface area (Å²) in [4.78, 5) is 11.9. The van der Waals surface area contributed by atoms with Crippen LogP contribution in [-0.2, 0) is 16.6 Å². The first kappa shape index (κ1) is 22.7. The van der Waals surface area contributed by atoms with Crippen LogP contribution in [0.2, 0.25) is 0 Å². The van der Waals surface area contributed by atoms with Crippen LogP contribution in [0.15, 0.2) is 59.3 Å². The van der Waals surface area contributed by atoms with E-state index in [1.165, 1.54) is 26.2 Å². The highest BCUT2D eigenvalue weighted by Gasteiger charge is 2.21. The number of benzene rings is 2. The Hall–Kier alpha value is -3.01. The van der Waals surface area contributed by atoms with Crippen LogP contribution in [0.5, 0.6) is 0 Å². The second kappa shape index (κ2) is 8.62. The lowest BCUT2D eigenvalue weighted by molar-refractivity contribution is 0.100. The van der Waals surface area contributed by atoms with E-state index in [1.807, 2.05) is 6.92 Å². The number of fused-ring (bicyclic) bond motifs is 1. The Kier molecular flexibility index (Phi) is 6.30. The molecule has 0 saturated carbocycles. The Balaban J connectivity index is 2.30. The number of halogens is 1. The summed E-state index contributed by atoms with van der Waals surface area (Å²) in [5, 5.41) is 0.752. The molecule has 0 aliphatic heterocycles. The molecule has 0 fully saturated rings. The van der Waals surface area contributed by atoms with Crippen molar-refractivity contribution in [1.29, 1.82) is 0 Å². The fraction of sp³-hybridized carbons (Fsp3) is 0.227. The van der Waals surface area contributed by atoms with Gasteiger partial charge in [0.25, 0.3) is 0 Å². The van der Waals surface area contributed by atoms with E-state index in [4.69, 9.17) is 11.5 Å². The summed E-state index contributed by atoms with van der Waals surface area (Å²) >= 11 is 0. The Bertz CT molecular complexity index is 1290. The minimum Gasteiger partial charge on any atom is -0.366 e. The lowest BCUT2D eigenvalue weighted by atomic mass is 10.0. The lowest BCUT2D eigenvalue weighted by Gasteiger charge is -2.13. The highest BCUT2D eigenvalue weighted by atomic mass is 32.2. The van der Waals surface area contributed by atoms with E-state index in [0.717, 1.165) is 20.9 Å². The van der Waals surface area contributed by atoms with Crippen LogP contribution < -0.4 is 11.5 Å². The number of allylic oxidation sites excluding steroid dienone is 1. The fourth-order valence-electron chi connectivity index (χ4n) is 3.56. The van der Waals surface area contributed by atoms with Crippen LogP contribution in [0.25, 0.3) is 22.0 Å². The van der Waals surface area contributed by atoms with Crippen molar-refractivity contribution in [1.82, 2.24) is 8.87 Å². The van der Waals surface area contributed by atoms with Gasteiger partial charge in [0.1, 0.15) is 5.83 Å². The van der Waals surface area contributed by atoms with Gasteiger partial charge in [-0.1, -0.05) is 18.2 Å². The van der Waals surface area contributed by atoms with Crippen molar-refractivity contribution < 1.29 is 17.6 Å². The molecule has 7 nitrogen and oxygen atoms in total. The number of aromatic nitrogens is 1. The largest absolute Gasteiger partial charge is 0.366 e. The van der Waals surface area contributed by atoms with E-state index in [9.17, 15) is 17.6 Å². The number of hydrogen-bond donors (Lipinski definition) is 2. The van der Waals surface area contributed by atoms with Crippen molar-refractivity contribution in [3.8, 4) is 11.1 Å². The van der Waals surface area contributed by atoms with Gasteiger partial charge in [0.15, 0.2) is 0 Å². The van der Waals surface area contributed by atoms with E-state index in [2.05, 4.69) is 0 Å². The average molecular weight is 445 g/mol. The van der Waals surface area contributed by atoms with Crippen LogP contribution >= 0.6 is 0 Å². The van der Waals surface area contributed by atoms with Gasteiger partial charge in [0, 0.05) is 42.8 Å². The zero-order valence-electron chi connectivity index (χ0n) is 17.6. The Morgan fingerprint density at radius 1 is 1.19 bits per heavy atom. The van der Waals surface area contributed by atoms with Crippen LogP contribution in [0.4, 0.5) is 4.39 Å². The number of carbonyl (C=O) groups is 1. The van der Waals surface area contributed by atoms with Gasteiger partial charge in [0.2, 0.25) is 15.9 Å². The number of hydrogen-bond acceptors (Lipinski definition) is 4. The summed E-state index contributed by atoms with van der Waals surface area (Å²) in [7, 11) is -0.690. The van der Waals surface area contributed by atoms with Gasteiger partial charge in [-0.2, -0.15) is 0 Å². The van der Waals surface area contributed by atoms with E-state index in [1.54, 1.807) is 41.0 Å². The fourth-order valence-corrected chi connectivity index (χ4v) is 4.51. The van der Waals surface area contributed by atoms with E-state index in [-0.39, 0.29) is 18.0 Å². The van der Waals surface area contributed by atoms with Crippen LogP contribution in [0.3, 0.4) is 0 Å². The normalized spacial score (nSPS) is 12.6. The number of sulfonamides is 1. The summed E-state index contributed by atoms with van der Waals surface area (Å²) in [6.07, 6.45) is 1.28. The quantitative estimate of drug-likeness (QED) is 0.584. The van der Waals surface area contributed by atoms with Gasteiger partial charge in [-0.3, -0.25) is 4.79 Å². The summed E-state index contributed by atoms with van der Waals surface area (Å²) in [6, 6.07) is 11.5. The van der Waals surface area contributed by atoms with Crippen molar-refractivity contribution in [3.05, 3.63) is 65.6 Å².